The standard InChI is InChI=1S/C28H36O6/c1-8-13-32-25-18(3)19(4)26-22(20(25)5)11-12-28(6,34-26)16-33-23-10-9-21(15-24(23)31-7)14-17(2)27(29)30/h8-10,14-15,27,29-30H,1,11-13,16H2,2-7H3/b17-14-. The second kappa shape index (κ2) is 10.5. The summed E-state index contributed by atoms with van der Waals surface area (Å²) in [6.45, 7) is 14.5. The van der Waals surface area contributed by atoms with Crippen LogP contribution in [0.2, 0.25) is 0 Å². The first-order chi connectivity index (χ1) is 16.1. The number of fused-ring (bicyclic) bond motifs is 1. The molecule has 0 bridgehead atoms. The van der Waals surface area contributed by atoms with Crippen molar-refractivity contribution < 1.29 is 29.2 Å². The first-order valence-electron chi connectivity index (χ1n) is 11.5. The van der Waals surface area contributed by atoms with E-state index in [1.165, 1.54) is 5.56 Å². The van der Waals surface area contributed by atoms with E-state index in [1.807, 2.05) is 18.2 Å². The number of hydrogen-bond donors (Lipinski definition) is 2. The minimum Gasteiger partial charge on any atom is -0.493 e. The van der Waals surface area contributed by atoms with Crippen LogP contribution in [0.25, 0.3) is 6.08 Å². The number of hydrogen-bond acceptors (Lipinski definition) is 6. The van der Waals surface area contributed by atoms with Gasteiger partial charge in [-0.3, -0.25) is 0 Å². The van der Waals surface area contributed by atoms with Crippen LogP contribution in [0.15, 0.2) is 36.4 Å². The van der Waals surface area contributed by atoms with Gasteiger partial charge in [0.15, 0.2) is 17.8 Å². The molecule has 1 heterocycles. The largest absolute Gasteiger partial charge is 0.493 e. The molecule has 34 heavy (non-hydrogen) atoms. The van der Waals surface area contributed by atoms with Gasteiger partial charge in [-0.05, 0) is 87.4 Å². The van der Waals surface area contributed by atoms with Crippen LogP contribution in [0, 0.1) is 20.8 Å². The summed E-state index contributed by atoms with van der Waals surface area (Å²) in [6, 6.07) is 5.48. The van der Waals surface area contributed by atoms with Crippen molar-refractivity contribution in [3.05, 3.63) is 64.2 Å². The zero-order valence-corrected chi connectivity index (χ0v) is 21.0. The lowest BCUT2D eigenvalue weighted by atomic mass is 9.87. The Kier molecular flexibility index (Phi) is 7.95. The Morgan fingerprint density at radius 3 is 2.53 bits per heavy atom. The lowest BCUT2D eigenvalue weighted by molar-refractivity contribution is -0.00678. The third-order valence-electron chi connectivity index (χ3n) is 6.43. The Bertz CT molecular complexity index is 1090. The molecule has 0 aromatic heterocycles. The normalized spacial score (nSPS) is 17.7. The Morgan fingerprint density at radius 2 is 1.88 bits per heavy atom. The van der Waals surface area contributed by atoms with Gasteiger partial charge >= 0.3 is 0 Å². The van der Waals surface area contributed by atoms with Crippen LogP contribution in [-0.2, 0) is 6.42 Å². The average Bonchev–Trinajstić information content (AvgIpc) is 2.81. The molecule has 1 unspecified atom stereocenters. The third kappa shape index (κ3) is 5.40. The van der Waals surface area contributed by atoms with E-state index in [2.05, 4.69) is 34.3 Å². The van der Waals surface area contributed by atoms with E-state index in [0.29, 0.717) is 30.3 Å². The molecule has 1 aliphatic rings. The van der Waals surface area contributed by atoms with E-state index in [-0.39, 0.29) is 0 Å². The molecule has 0 radical (unpaired) electrons. The summed E-state index contributed by atoms with van der Waals surface area (Å²) in [5.41, 5.74) is 5.21. The number of benzene rings is 2. The molecule has 0 spiro atoms. The van der Waals surface area contributed by atoms with Gasteiger partial charge in [-0.2, -0.15) is 0 Å². The van der Waals surface area contributed by atoms with Crippen LogP contribution in [0.5, 0.6) is 23.0 Å². The van der Waals surface area contributed by atoms with Gasteiger partial charge in [-0.15, -0.1) is 0 Å². The van der Waals surface area contributed by atoms with Gasteiger partial charge in [0.05, 0.1) is 7.11 Å². The van der Waals surface area contributed by atoms with Crippen LogP contribution in [0.3, 0.4) is 0 Å². The molecule has 3 rings (SSSR count). The molecule has 2 aromatic rings. The van der Waals surface area contributed by atoms with Gasteiger partial charge < -0.3 is 29.2 Å². The van der Waals surface area contributed by atoms with Gasteiger partial charge in [-0.1, -0.05) is 24.8 Å². The molecule has 0 saturated carbocycles. The van der Waals surface area contributed by atoms with Gasteiger partial charge in [-0.25, -0.2) is 0 Å². The maximum atomic E-state index is 9.30. The molecule has 6 nitrogen and oxygen atoms in total. The van der Waals surface area contributed by atoms with Gasteiger partial charge in [0.25, 0.3) is 0 Å². The molecule has 0 aliphatic carbocycles. The molecule has 0 amide bonds. The molecule has 2 aromatic carbocycles. The first-order valence-corrected chi connectivity index (χ1v) is 11.5. The molecular weight excluding hydrogens is 432 g/mol. The van der Waals surface area contributed by atoms with Crippen LogP contribution in [0.4, 0.5) is 0 Å². The molecule has 0 fully saturated rings. The van der Waals surface area contributed by atoms with Gasteiger partial charge in [0.1, 0.15) is 30.3 Å². The maximum absolute atomic E-state index is 9.30. The Labute approximate surface area is 202 Å². The van der Waals surface area contributed by atoms with E-state index < -0.39 is 11.9 Å². The molecule has 1 aliphatic heterocycles. The van der Waals surface area contributed by atoms with Crippen LogP contribution < -0.4 is 18.9 Å². The Hall–Kier alpha value is -2.96. The fourth-order valence-corrected chi connectivity index (χ4v) is 4.20. The van der Waals surface area contributed by atoms with Crippen molar-refractivity contribution in [3.63, 3.8) is 0 Å². The SMILES string of the molecule is C=CCOc1c(C)c(C)c2c(c1C)CCC(C)(COc1ccc(/C=C(/C)C(O)O)cc1OC)O2. The highest BCUT2D eigenvalue weighted by molar-refractivity contribution is 5.60. The van der Waals surface area contributed by atoms with E-state index in [4.69, 9.17) is 18.9 Å². The fraction of sp³-hybridized carbons (Fsp3) is 0.429. The van der Waals surface area contributed by atoms with Crippen molar-refractivity contribution in [2.45, 2.75) is 59.4 Å². The highest BCUT2D eigenvalue weighted by Crippen LogP contribution is 2.44. The Morgan fingerprint density at radius 1 is 1.15 bits per heavy atom. The molecule has 1 atom stereocenters. The summed E-state index contributed by atoms with van der Waals surface area (Å²) in [5, 5.41) is 18.6. The van der Waals surface area contributed by atoms with E-state index in [1.54, 1.807) is 26.2 Å². The minimum absolute atomic E-state index is 0.360. The van der Waals surface area contributed by atoms with E-state index in [9.17, 15) is 10.2 Å². The number of aliphatic hydroxyl groups excluding tert-OH is 1. The maximum Gasteiger partial charge on any atom is 0.174 e. The predicted molar refractivity (Wildman–Crippen MR) is 134 cm³/mol. The molecule has 184 valence electrons. The zero-order chi connectivity index (χ0) is 25.0. The quantitative estimate of drug-likeness (QED) is 0.396. The smallest absolute Gasteiger partial charge is 0.174 e. The van der Waals surface area contributed by atoms with Crippen molar-refractivity contribution in [1.29, 1.82) is 0 Å². The second-order valence-electron chi connectivity index (χ2n) is 9.12. The average molecular weight is 469 g/mol. The molecule has 6 heteroatoms. The summed E-state index contributed by atoms with van der Waals surface area (Å²) >= 11 is 0. The number of aliphatic hydroxyl groups is 2. The topological polar surface area (TPSA) is 77.4 Å². The Balaban J connectivity index is 1.80. The molecule has 2 N–H and O–H groups in total. The van der Waals surface area contributed by atoms with Crippen molar-refractivity contribution in [2.75, 3.05) is 20.3 Å². The first kappa shape index (κ1) is 25.7. The summed E-state index contributed by atoms with van der Waals surface area (Å²) in [6.07, 6.45) is 3.64. The molecular formula is C28H36O6. The second-order valence-corrected chi connectivity index (χ2v) is 9.12. The fourth-order valence-electron chi connectivity index (χ4n) is 4.20. The minimum atomic E-state index is -1.49. The van der Waals surface area contributed by atoms with Gasteiger partial charge in [0.2, 0.25) is 0 Å². The monoisotopic (exact) mass is 468 g/mol. The number of ether oxygens (including phenoxy) is 4. The summed E-state index contributed by atoms with van der Waals surface area (Å²) in [4.78, 5) is 0. The molecule has 0 saturated heterocycles. The number of methoxy groups -OCH3 is 1. The van der Waals surface area contributed by atoms with Gasteiger partial charge in [0, 0.05) is 5.56 Å². The third-order valence-corrected chi connectivity index (χ3v) is 6.43. The van der Waals surface area contributed by atoms with E-state index in [0.717, 1.165) is 46.6 Å². The predicted octanol–water partition coefficient (Wildman–Crippen LogP) is 5.06. The summed E-state index contributed by atoms with van der Waals surface area (Å²) in [7, 11) is 1.58. The zero-order valence-electron chi connectivity index (χ0n) is 21.0. The van der Waals surface area contributed by atoms with Crippen LogP contribution in [0.1, 0.15) is 48.1 Å². The van der Waals surface area contributed by atoms with Crippen molar-refractivity contribution in [2.24, 2.45) is 0 Å². The lowest BCUT2D eigenvalue weighted by Gasteiger charge is -2.38. The van der Waals surface area contributed by atoms with Crippen molar-refractivity contribution >= 4 is 6.08 Å². The summed E-state index contributed by atoms with van der Waals surface area (Å²) in [5.74, 6) is 3.02. The van der Waals surface area contributed by atoms with Crippen LogP contribution in [-0.4, -0.2) is 42.4 Å². The number of rotatable bonds is 9. The van der Waals surface area contributed by atoms with E-state index >= 15 is 0 Å². The highest BCUT2D eigenvalue weighted by Gasteiger charge is 2.36. The lowest BCUT2D eigenvalue weighted by Crippen LogP contribution is -2.42. The van der Waals surface area contributed by atoms with Crippen molar-refractivity contribution in [3.8, 4) is 23.0 Å². The highest BCUT2D eigenvalue weighted by atomic mass is 16.6. The van der Waals surface area contributed by atoms with Crippen molar-refractivity contribution in [1.82, 2.24) is 0 Å². The summed E-state index contributed by atoms with van der Waals surface area (Å²) < 4.78 is 24.2. The van der Waals surface area contributed by atoms with Crippen LogP contribution >= 0.6 is 0 Å².